The van der Waals surface area contributed by atoms with Crippen molar-refractivity contribution in [2.75, 3.05) is 14.1 Å². The first kappa shape index (κ1) is 13.4. The molecule has 1 saturated carbocycles. The second-order valence-electron chi connectivity index (χ2n) is 6.07. The molecule has 3 nitrogen and oxygen atoms in total. The van der Waals surface area contributed by atoms with E-state index in [1.54, 1.807) is 0 Å². The molecule has 0 atom stereocenters. The van der Waals surface area contributed by atoms with Gasteiger partial charge in [-0.25, -0.2) is 0 Å². The first-order valence-corrected chi connectivity index (χ1v) is 7.26. The number of hydrogen-bond acceptors (Lipinski definition) is 3. The number of fused-ring (bicyclic) bond motifs is 1. The van der Waals surface area contributed by atoms with Crippen LogP contribution in [0.2, 0.25) is 0 Å². The molecule has 0 aliphatic heterocycles. The molecule has 0 N–H and O–H groups in total. The number of Topliss-reactive ketones (excluding diaryl/α,β-unsaturated/α-hetero) is 1. The number of carbonyl (C=O) groups is 1. The highest BCUT2D eigenvalue weighted by atomic mass is 16.3. The molecule has 0 bridgehead atoms. The van der Waals surface area contributed by atoms with Gasteiger partial charge in [0.1, 0.15) is 5.58 Å². The molecule has 0 unspecified atom stereocenters. The second kappa shape index (κ2) is 4.74. The predicted octanol–water partition coefficient (Wildman–Crippen LogP) is 3.80. The summed E-state index contributed by atoms with van der Waals surface area (Å²) < 4.78 is 5.87. The number of benzene rings is 1. The molecule has 1 aliphatic carbocycles. The van der Waals surface area contributed by atoms with Gasteiger partial charge < -0.3 is 4.42 Å². The summed E-state index contributed by atoms with van der Waals surface area (Å²) in [7, 11) is 3.99. The van der Waals surface area contributed by atoms with E-state index in [2.05, 4.69) is 4.90 Å². The monoisotopic (exact) mass is 271 g/mol. The minimum atomic E-state index is -0.373. The van der Waals surface area contributed by atoms with Crippen molar-refractivity contribution in [3.05, 3.63) is 35.6 Å². The van der Waals surface area contributed by atoms with Crippen molar-refractivity contribution in [2.24, 2.45) is 0 Å². The van der Waals surface area contributed by atoms with Crippen molar-refractivity contribution in [3.63, 3.8) is 0 Å². The molecule has 106 valence electrons. The van der Waals surface area contributed by atoms with Crippen molar-refractivity contribution >= 4 is 16.8 Å². The largest absolute Gasteiger partial charge is 0.453 e. The standard InChI is InChI=1S/C17H21NO2/c1-12-7-6-8-13-11-14(20-15(12)13)16(19)17(18(2)3)9-4-5-10-17/h6-8,11H,4-5,9-10H2,1-3H3. The van der Waals surface area contributed by atoms with Crippen LogP contribution in [0.25, 0.3) is 11.0 Å². The molecule has 0 saturated heterocycles. The van der Waals surface area contributed by atoms with Gasteiger partial charge in [0.2, 0.25) is 5.78 Å². The van der Waals surface area contributed by atoms with Gasteiger partial charge in [0, 0.05) is 5.39 Å². The van der Waals surface area contributed by atoms with Gasteiger partial charge in [-0.2, -0.15) is 0 Å². The minimum Gasteiger partial charge on any atom is -0.453 e. The smallest absolute Gasteiger partial charge is 0.218 e. The van der Waals surface area contributed by atoms with Gasteiger partial charge in [0.25, 0.3) is 0 Å². The lowest BCUT2D eigenvalue weighted by molar-refractivity contribution is 0.0665. The molecule has 1 fully saturated rings. The summed E-state index contributed by atoms with van der Waals surface area (Å²) in [6.45, 7) is 2.01. The van der Waals surface area contributed by atoms with Gasteiger partial charge in [0.05, 0.1) is 5.54 Å². The van der Waals surface area contributed by atoms with E-state index in [-0.39, 0.29) is 11.3 Å². The maximum atomic E-state index is 13.0. The Labute approximate surface area is 119 Å². The van der Waals surface area contributed by atoms with Gasteiger partial charge in [-0.05, 0) is 45.5 Å². The van der Waals surface area contributed by atoms with Crippen LogP contribution in [0.4, 0.5) is 0 Å². The molecule has 1 heterocycles. The first-order chi connectivity index (χ1) is 9.54. The van der Waals surface area contributed by atoms with E-state index in [9.17, 15) is 4.79 Å². The first-order valence-electron chi connectivity index (χ1n) is 7.26. The third-order valence-corrected chi connectivity index (χ3v) is 4.67. The summed E-state index contributed by atoms with van der Waals surface area (Å²) in [4.78, 5) is 15.0. The number of likely N-dealkylation sites (N-methyl/N-ethyl adjacent to an activating group) is 1. The molecular formula is C17H21NO2. The SMILES string of the molecule is Cc1cccc2cc(C(=O)C3(N(C)C)CCCC3)oc12. The highest BCUT2D eigenvalue weighted by Gasteiger charge is 2.44. The highest BCUT2D eigenvalue weighted by Crippen LogP contribution is 2.37. The number of furan rings is 1. The molecule has 1 aromatic carbocycles. The molecule has 0 spiro atoms. The van der Waals surface area contributed by atoms with E-state index in [0.717, 1.165) is 42.2 Å². The molecule has 3 heteroatoms. The van der Waals surface area contributed by atoms with Crippen molar-refractivity contribution in [3.8, 4) is 0 Å². The number of para-hydroxylation sites is 1. The van der Waals surface area contributed by atoms with Crippen LogP contribution in [0.15, 0.2) is 28.7 Å². The Kier molecular flexibility index (Phi) is 3.17. The van der Waals surface area contributed by atoms with Crippen molar-refractivity contribution in [2.45, 2.75) is 38.1 Å². The Hall–Kier alpha value is -1.61. The van der Waals surface area contributed by atoms with Crippen molar-refractivity contribution in [1.82, 2.24) is 4.90 Å². The Balaban J connectivity index is 2.06. The third-order valence-electron chi connectivity index (χ3n) is 4.67. The minimum absolute atomic E-state index is 0.135. The highest BCUT2D eigenvalue weighted by molar-refractivity contribution is 6.04. The van der Waals surface area contributed by atoms with E-state index < -0.39 is 0 Å². The fourth-order valence-electron chi connectivity index (χ4n) is 3.39. The zero-order chi connectivity index (χ0) is 14.3. The number of ketones is 1. The van der Waals surface area contributed by atoms with Crippen molar-refractivity contribution in [1.29, 1.82) is 0 Å². The van der Waals surface area contributed by atoms with Crippen LogP contribution >= 0.6 is 0 Å². The topological polar surface area (TPSA) is 33.5 Å². The predicted molar refractivity (Wildman–Crippen MR) is 80.2 cm³/mol. The third kappa shape index (κ3) is 1.88. The fraction of sp³-hybridized carbons (Fsp3) is 0.471. The van der Waals surface area contributed by atoms with Gasteiger partial charge in [-0.15, -0.1) is 0 Å². The second-order valence-corrected chi connectivity index (χ2v) is 6.07. The Morgan fingerprint density at radius 2 is 1.95 bits per heavy atom. The normalized spacial score (nSPS) is 18.0. The Morgan fingerprint density at radius 1 is 1.25 bits per heavy atom. The fourth-order valence-corrected chi connectivity index (χ4v) is 3.39. The average molecular weight is 271 g/mol. The van der Waals surface area contributed by atoms with Crippen LogP contribution in [-0.2, 0) is 0 Å². The zero-order valence-electron chi connectivity index (χ0n) is 12.4. The molecule has 1 aliphatic rings. The lowest BCUT2D eigenvalue weighted by Gasteiger charge is -2.33. The lowest BCUT2D eigenvalue weighted by atomic mass is 9.89. The molecule has 2 aromatic rings. The summed E-state index contributed by atoms with van der Waals surface area (Å²) in [6, 6.07) is 7.91. The summed E-state index contributed by atoms with van der Waals surface area (Å²) in [5.74, 6) is 0.639. The molecule has 0 radical (unpaired) electrons. The quantitative estimate of drug-likeness (QED) is 0.796. The number of rotatable bonds is 3. The van der Waals surface area contributed by atoms with E-state index in [1.807, 2.05) is 45.3 Å². The van der Waals surface area contributed by atoms with Crippen molar-refractivity contribution < 1.29 is 9.21 Å². The lowest BCUT2D eigenvalue weighted by Crippen LogP contribution is -2.48. The summed E-state index contributed by atoms with van der Waals surface area (Å²) in [6.07, 6.45) is 4.08. The van der Waals surface area contributed by atoms with Crippen LogP contribution in [-0.4, -0.2) is 30.3 Å². The Morgan fingerprint density at radius 3 is 2.55 bits per heavy atom. The van der Waals surface area contributed by atoms with Crippen LogP contribution < -0.4 is 0 Å². The summed E-state index contributed by atoms with van der Waals surface area (Å²) >= 11 is 0. The number of nitrogens with zero attached hydrogens (tertiary/aromatic N) is 1. The van der Waals surface area contributed by atoms with Crippen LogP contribution in [0.1, 0.15) is 41.8 Å². The van der Waals surface area contributed by atoms with Crippen LogP contribution in [0.5, 0.6) is 0 Å². The van der Waals surface area contributed by atoms with E-state index in [1.165, 1.54) is 0 Å². The number of aryl methyl sites for hydroxylation is 1. The molecule has 0 amide bonds. The zero-order valence-corrected chi connectivity index (χ0v) is 12.4. The maximum Gasteiger partial charge on any atom is 0.218 e. The van der Waals surface area contributed by atoms with Gasteiger partial charge in [-0.3, -0.25) is 9.69 Å². The van der Waals surface area contributed by atoms with E-state index in [0.29, 0.717) is 5.76 Å². The number of carbonyl (C=O) groups excluding carboxylic acids is 1. The number of hydrogen-bond donors (Lipinski definition) is 0. The Bertz CT molecular complexity index is 648. The van der Waals surface area contributed by atoms with E-state index in [4.69, 9.17) is 4.42 Å². The summed E-state index contributed by atoms with van der Waals surface area (Å²) in [5.41, 5.74) is 1.54. The molecular weight excluding hydrogens is 250 g/mol. The van der Waals surface area contributed by atoms with Crippen LogP contribution in [0, 0.1) is 6.92 Å². The molecule has 3 rings (SSSR count). The summed E-state index contributed by atoms with van der Waals surface area (Å²) in [5, 5.41) is 1.01. The van der Waals surface area contributed by atoms with Crippen LogP contribution in [0.3, 0.4) is 0 Å². The average Bonchev–Trinajstić information content (AvgIpc) is 3.06. The van der Waals surface area contributed by atoms with Gasteiger partial charge >= 0.3 is 0 Å². The molecule has 1 aromatic heterocycles. The maximum absolute atomic E-state index is 13.0. The van der Waals surface area contributed by atoms with Gasteiger partial charge in [0.15, 0.2) is 5.76 Å². The molecule has 20 heavy (non-hydrogen) atoms. The van der Waals surface area contributed by atoms with Gasteiger partial charge in [-0.1, -0.05) is 31.0 Å². The van der Waals surface area contributed by atoms with E-state index >= 15 is 0 Å².